The van der Waals surface area contributed by atoms with E-state index in [1.165, 1.54) is 0 Å². The Bertz CT molecular complexity index is 1240. The molecule has 1 amide bonds. The first-order valence-electron chi connectivity index (χ1n) is 12.4. The van der Waals surface area contributed by atoms with Crippen LogP contribution in [0.15, 0.2) is 30.3 Å². The van der Waals surface area contributed by atoms with Crippen LogP contribution in [0.4, 0.5) is 0 Å². The molecule has 0 atom stereocenters. The monoisotopic (exact) mass is 476 g/mol. The van der Waals surface area contributed by atoms with Gasteiger partial charge in [0.25, 0.3) is 5.91 Å². The normalized spacial score (nSPS) is 15.1. The van der Waals surface area contributed by atoms with Gasteiger partial charge in [0.1, 0.15) is 5.75 Å². The van der Waals surface area contributed by atoms with E-state index in [2.05, 4.69) is 34.6 Å². The van der Waals surface area contributed by atoms with Gasteiger partial charge < -0.3 is 9.64 Å². The Hall–Kier alpha value is -3.22. The molecule has 0 spiro atoms. The first kappa shape index (κ1) is 24.9. The van der Waals surface area contributed by atoms with Crippen LogP contribution in [0.2, 0.25) is 0 Å². The molecule has 4 rings (SSSR count). The summed E-state index contributed by atoms with van der Waals surface area (Å²) in [6.45, 7) is 13.5. The lowest BCUT2D eigenvalue weighted by molar-refractivity contribution is 0.0651. The molecule has 3 heterocycles. The third kappa shape index (κ3) is 4.81. The van der Waals surface area contributed by atoms with E-state index >= 15 is 0 Å². The maximum Gasteiger partial charge on any atom is 0.254 e. The number of hydrogen-bond acceptors (Lipinski definition) is 5. The van der Waals surface area contributed by atoms with Crippen LogP contribution in [0.3, 0.4) is 0 Å². The Labute approximate surface area is 207 Å². The van der Waals surface area contributed by atoms with Gasteiger partial charge in [0, 0.05) is 30.3 Å². The number of rotatable bonds is 5. The number of amides is 1. The highest BCUT2D eigenvalue weighted by molar-refractivity contribution is 6.07. The van der Waals surface area contributed by atoms with Gasteiger partial charge in [0.15, 0.2) is 11.4 Å². The second-order valence-corrected chi connectivity index (χ2v) is 10.8. The molecule has 0 N–H and O–H groups in total. The molecule has 1 saturated heterocycles. The standard InChI is InChI=1S/C28H36N4O3/c1-17(2)23-16-22(24-18(3)30-32(26(24)29-23)28(4,5)6)27(34)31-14-12-20(13-15-31)25(33)19-8-10-21(35-7)11-9-19/h8-11,16-17,20H,12-15H2,1-7H3. The maximum absolute atomic E-state index is 13.8. The Kier molecular flexibility index (Phi) is 6.71. The van der Waals surface area contributed by atoms with Gasteiger partial charge in [-0.05, 0) is 76.8 Å². The van der Waals surface area contributed by atoms with Crippen LogP contribution in [0, 0.1) is 12.8 Å². The van der Waals surface area contributed by atoms with Crippen LogP contribution < -0.4 is 4.74 Å². The van der Waals surface area contributed by atoms with E-state index in [1.807, 2.05) is 46.8 Å². The highest BCUT2D eigenvalue weighted by Gasteiger charge is 2.31. The van der Waals surface area contributed by atoms with Gasteiger partial charge in [-0.3, -0.25) is 9.59 Å². The first-order valence-corrected chi connectivity index (χ1v) is 12.4. The van der Waals surface area contributed by atoms with Gasteiger partial charge in [-0.15, -0.1) is 0 Å². The second-order valence-electron chi connectivity index (χ2n) is 10.8. The first-order chi connectivity index (χ1) is 16.5. The molecule has 1 fully saturated rings. The molecule has 1 aliphatic rings. The number of ether oxygens (including phenoxy) is 1. The van der Waals surface area contributed by atoms with Crippen LogP contribution in [0.25, 0.3) is 11.0 Å². The topological polar surface area (TPSA) is 77.3 Å². The second kappa shape index (κ2) is 9.44. The quantitative estimate of drug-likeness (QED) is 0.463. The third-order valence-electron chi connectivity index (χ3n) is 6.82. The Morgan fingerprint density at radius 1 is 1.09 bits per heavy atom. The summed E-state index contributed by atoms with van der Waals surface area (Å²) >= 11 is 0. The van der Waals surface area contributed by atoms with Crippen molar-refractivity contribution in [3.8, 4) is 5.75 Å². The van der Waals surface area contributed by atoms with E-state index in [9.17, 15) is 9.59 Å². The van der Waals surface area contributed by atoms with Crippen molar-refractivity contribution in [3.05, 3.63) is 52.8 Å². The zero-order valence-electron chi connectivity index (χ0n) is 21.9. The van der Waals surface area contributed by atoms with E-state index in [-0.39, 0.29) is 29.1 Å². The summed E-state index contributed by atoms with van der Waals surface area (Å²) in [5.41, 5.74) is 3.55. The molecular formula is C28H36N4O3. The lowest BCUT2D eigenvalue weighted by atomic mass is 9.88. The molecule has 3 aromatic rings. The molecule has 35 heavy (non-hydrogen) atoms. The number of fused-ring (bicyclic) bond motifs is 1. The summed E-state index contributed by atoms with van der Waals surface area (Å²) in [5, 5.41) is 5.59. The van der Waals surface area contributed by atoms with Crippen LogP contribution >= 0.6 is 0 Å². The van der Waals surface area contributed by atoms with Gasteiger partial charge in [-0.1, -0.05) is 13.8 Å². The van der Waals surface area contributed by atoms with Crippen LogP contribution in [0.5, 0.6) is 5.75 Å². The average molecular weight is 477 g/mol. The van der Waals surface area contributed by atoms with Crippen molar-refractivity contribution in [3.63, 3.8) is 0 Å². The van der Waals surface area contributed by atoms with Crippen molar-refractivity contribution < 1.29 is 14.3 Å². The summed E-state index contributed by atoms with van der Waals surface area (Å²) < 4.78 is 7.12. The van der Waals surface area contributed by atoms with E-state index in [4.69, 9.17) is 14.8 Å². The van der Waals surface area contributed by atoms with Gasteiger partial charge in [0.2, 0.25) is 0 Å². The van der Waals surface area contributed by atoms with Crippen molar-refractivity contribution in [2.75, 3.05) is 20.2 Å². The fraction of sp³-hybridized carbons (Fsp3) is 0.500. The third-order valence-corrected chi connectivity index (χ3v) is 6.82. The Morgan fingerprint density at radius 3 is 2.26 bits per heavy atom. The number of likely N-dealkylation sites (tertiary alicyclic amines) is 1. The summed E-state index contributed by atoms with van der Waals surface area (Å²) in [6, 6.07) is 9.19. The molecular weight excluding hydrogens is 440 g/mol. The summed E-state index contributed by atoms with van der Waals surface area (Å²) in [7, 11) is 1.61. The lowest BCUT2D eigenvalue weighted by Gasteiger charge is -2.31. The molecule has 7 heteroatoms. The number of piperidine rings is 1. The molecule has 2 aromatic heterocycles. The number of aromatic nitrogens is 3. The van der Waals surface area contributed by atoms with Crippen LogP contribution in [0.1, 0.15) is 85.5 Å². The van der Waals surface area contributed by atoms with E-state index in [0.29, 0.717) is 37.1 Å². The summed E-state index contributed by atoms with van der Waals surface area (Å²) in [5.74, 6) is 0.960. The number of methoxy groups -OCH3 is 1. The number of nitrogens with zero attached hydrogens (tertiary/aromatic N) is 4. The van der Waals surface area contributed by atoms with E-state index in [0.717, 1.165) is 28.2 Å². The Morgan fingerprint density at radius 2 is 1.71 bits per heavy atom. The summed E-state index contributed by atoms with van der Waals surface area (Å²) in [4.78, 5) is 33.6. The van der Waals surface area contributed by atoms with Crippen LogP contribution in [-0.4, -0.2) is 51.6 Å². The number of hydrogen-bond donors (Lipinski definition) is 0. The molecule has 0 saturated carbocycles. The van der Waals surface area contributed by atoms with Gasteiger partial charge >= 0.3 is 0 Å². The zero-order valence-corrected chi connectivity index (χ0v) is 21.9. The predicted octanol–water partition coefficient (Wildman–Crippen LogP) is 5.36. The molecule has 1 aromatic carbocycles. The van der Waals surface area contributed by atoms with E-state index in [1.54, 1.807) is 7.11 Å². The lowest BCUT2D eigenvalue weighted by Crippen LogP contribution is -2.40. The van der Waals surface area contributed by atoms with Crippen molar-refractivity contribution in [2.24, 2.45) is 5.92 Å². The predicted molar refractivity (Wildman–Crippen MR) is 137 cm³/mol. The number of carbonyl (C=O) groups excluding carboxylic acids is 2. The molecule has 1 aliphatic heterocycles. The van der Waals surface area contributed by atoms with Gasteiger partial charge in [-0.25, -0.2) is 9.67 Å². The zero-order chi connectivity index (χ0) is 25.5. The number of carbonyl (C=O) groups is 2. The summed E-state index contributed by atoms with van der Waals surface area (Å²) in [6.07, 6.45) is 1.31. The minimum absolute atomic E-state index is 0.00814. The fourth-order valence-corrected chi connectivity index (χ4v) is 4.75. The van der Waals surface area contributed by atoms with Crippen LogP contribution in [-0.2, 0) is 5.54 Å². The maximum atomic E-state index is 13.8. The van der Waals surface area contributed by atoms with Crippen molar-refractivity contribution >= 4 is 22.7 Å². The highest BCUT2D eigenvalue weighted by Crippen LogP contribution is 2.31. The number of ketones is 1. The van der Waals surface area contributed by atoms with Gasteiger partial charge in [-0.2, -0.15) is 5.10 Å². The number of benzene rings is 1. The Balaban J connectivity index is 1.59. The smallest absolute Gasteiger partial charge is 0.254 e. The fourth-order valence-electron chi connectivity index (χ4n) is 4.75. The van der Waals surface area contributed by atoms with Gasteiger partial charge in [0.05, 0.1) is 29.3 Å². The molecule has 7 nitrogen and oxygen atoms in total. The highest BCUT2D eigenvalue weighted by atomic mass is 16.5. The molecule has 186 valence electrons. The largest absolute Gasteiger partial charge is 0.497 e. The molecule has 0 unspecified atom stereocenters. The van der Waals surface area contributed by atoms with E-state index < -0.39 is 0 Å². The van der Waals surface area contributed by atoms with Crippen molar-refractivity contribution in [1.29, 1.82) is 0 Å². The van der Waals surface area contributed by atoms with Crippen molar-refractivity contribution in [2.45, 2.75) is 65.8 Å². The SMILES string of the molecule is COc1ccc(C(=O)C2CCN(C(=O)c3cc(C(C)C)nc4c3c(C)nn4C(C)(C)C)CC2)cc1. The number of pyridine rings is 1. The molecule has 0 bridgehead atoms. The van der Waals surface area contributed by atoms with Crippen molar-refractivity contribution in [1.82, 2.24) is 19.7 Å². The minimum atomic E-state index is -0.254. The molecule has 0 radical (unpaired) electrons. The number of aryl methyl sites for hydroxylation is 1. The average Bonchev–Trinajstić information content (AvgIpc) is 3.19. The number of Topliss-reactive ketones (excluding diaryl/α,β-unsaturated/α-hetero) is 1. The minimum Gasteiger partial charge on any atom is -0.497 e. The molecule has 0 aliphatic carbocycles.